The number of fused-ring (bicyclic) bond motifs is 5. The van der Waals surface area contributed by atoms with Crippen LogP contribution in [0.5, 0.6) is 0 Å². The molecule has 0 radical (unpaired) electrons. The summed E-state index contributed by atoms with van der Waals surface area (Å²) in [5.74, 6) is 5.08. The lowest BCUT2D eigenvalue weighted by atomic mass is 9.47. The third-order valence-corrected chi connectivity index (χ3v) is 13.8. The zero-order valence-corrected chi connectivity index (χ0v) is 33.2. The highest BCUT2D eigenvalue weighted by Crippen LogP contribution is 2.67. The van der Waals surface area contributed by atoms with Gasteiger partial charge >= 0.3 is 5.97 Å². The Morgan fingerprint density at radius 2 is 1.70 bits per heavy atom. The summed E-state index contributed by atoms with van der Waals surface area (Å²) in [5.41, 5.74) is 2.42. The molecule has 3 fully saturated rings. The van der Waals surface area contributed by atoms with Crippen molar-refractivity contribution in [3.05, 3.63) is 60.3 Å². The number of carbonyl (C=O) groups is 1. The third-order valence-electron chi connectivity index (χ3n) is 13.8. The van der Waals surface area contributed by atoms with E-state index in [0.29, 0.717) is 23.7 Å². The van der Waals surface area contributed by atoms with Gasteiger partial charge in [0.2, 0.25) is 0 Å². The van der Waals surface area contributed by atoms with Gasteiger partial charge < -0.3 is 9.84 Å². The standard InChI is InChI=1S/C47H76O3/c1-7-8-9-10-11-12-13-15-18-24-39(48)25-19-16-14-17-20-26-45(49)50-40-31-33-46(5)38(35-40)27-28-41-43-30-29-42(37(4)23-21-22-36(2)3)47(43,6)34-32-44(41)46/h11-12,14-16,18-19,25,27,36-37,39-44,48H,7-10,13,17,20-24,26,28-35H2,1-6H3/b12-11-,16-14+,18-15-,25-19-/t37-,39?,40+,41+,42-,43+,44+,46+,47-/m1/s1. The zero-order chi connectivity index (χ0) is 36.0. The lowest BCUT2D eigenvalue weighted by Crippen LogP contribution is -2.51. The summed E-state index contributed by atoms with van der Waals surface area (Å²) in [4.78, 5) is 12.8. The molecular formula is C47H76O3. The topological polar surface area (TPSA) is 46.5 Å². The fraction of sp³-hybridized carbons (Fsp3) is 0.766. The molecule has 0 spiro atoms. The number of esters is 1. The van der Waals surface area contributed by atoms with Crippen LogP contribution in [0.1, 0.15) is 170 Å². The minimum atomic E-state index is -0.464. The van der Waals surface area contributed by atoms with Crippen LogP contribution < -0.4 is 0 Å². The predicted molar refractivity (Wildman–Crippen MR) is 213 cm³/mol. The van der Waals surface area contributed by atoms with E-state index in [2.05, 4.69) is 78.0 Å². The van der Waals surface area contributed by atoms with Crippen molar-refractivity contribution < 1.29 is 14.6 Å². The SMILES string of the molecule is CCCCC/C=C\C/C=C\CC(O)/C=C\C=C\CCCC(=O)O[C@H]1CC[C@@]2(C)C(=CC[C@H]3[C@@H]4CC[C@H]([C@H](C)CCCC(C)C)[C@@]4(C)CC[C@@H]32)C1. The maximum atomic E-state index is 12.8. The van der Waals surface area contributed by atoms with Crippen LogP contribution in [0.4, 0.5) is 0 Å². The number of carbonyl (C=O) groups excluding carboxylic acids is 1. The normalized spacial score (nSPS) is 32.5. The van der Waals surface area contributed by atoms with Crippen LogP contribution >= 0.6 is 0 Å². The average molecular weight is 689 g/mol. The van der Waals surface area contributed by atoms with Gasteiger partial charge in [-0.15, -0.1) is 0 Å². The number of aliphatic hydroxyl groups is 1. The first-order chi connectivity index (χ1) is 24.1. The summed E-state index contributed by atoms with van der Waals surface area (Å²) in [7, 11) is 0. The molecule has 9 atom stereocenters. The van der Waals surface area contributed by atoms with E-state index in [1.54, 1.807) is 5.57 Å². The van der Waals surface area contributed by atoms with Gasteiger partial charge in [0, 0.05) is 12.8 Å². The average Bonchev–Trinajstić information content (AvgIpc) is 3.44. The fourth-order valence-corrected chi connectivity index (χ4v) is 10.9. The summed E-state index contributed by atoms with van der Waals surface area (Å²) in [6, 6.07) is 0. The van der Waals surface area contributed by atoms with E-state index in [1.807, 2.05) is 18.2 Å². The summed E-state index contributed by atoms with van der Waals surface area (Å²) in [5, 5.41) is 10.2. The van der Waals surface area contributed by atoms with Gasteiger partial charge in [-0.25, -0.2) is 0 Å². The van der Waals surface area contributed by atoms with E-state index in [1.165, 1.54) is 83.5 Å². The van der Waals surface area contributed by atoms with Crippen LogP contribution in [0.25, 0.3) is 0 Å². The Hall–Kier alpha value is -1.87. The highest BCUT2D eigenvalue weighted by atomic mass is 16.5. The Kier molecular flexibility index (Phi) is 16.7. The zero-order valence-electron chi connectivity index (χ0n) is 33.2. The van der Waals surface area contributed by atoms with E-state index in [0.717, 1.165) is 67.6 Å². The van der Waals surface area contributed by atoms with Crippen LogP contribution in [-0.2, 0) is 9.53 Å². The molecule has 50 heavy (non-hydrogen) atoms. The molecule has 4 aliphatic rings. The summed E-state index contributed by atoms with van der Waals surface area (Å²) in [6.45, 7) is 14.8. The molecule has 0 amide bonds. The molecule has 3 heteroatoms. The van der Waals surface area contributed by atoms with Crippen LogP contribution in [0.3, 0.4) is 0 Å². The highest BCUT2D eigenvalue weighted by Gasteiger charge is 2.59. The molecule has 0 aromatic heterocycles. The second-order valence-electron chi connectivity index (χ2n) is 17.8. The minimum Gasteiger partial charge on any atom is -0.462 e. The molecule has 0 heterocycles. The fourth-order valence-electron chi connectivity index (χ4n) is 10.9. The number of allylic oxidation sites excluding steroid dienone is 7. The van der Waals surface area contributed by atoms with Crippen LogP contribution in [-0.4, -0.2) is 23.3 Å². The predicted octanol–water partition coefficient (Wildman–Crippen LogP) is 13.1. The van der Waals surface area contributed by atoms with Gasteiger partial charge in [-0.1, -0.05) is 134 Å². The van der Waals surface area contributed by atoms with Crippen molar-refractivity contribution >= 4 is 5.97 Å². The highest BCUT2D eigenvalue weighted by molar-refractivity contribution is 5.69. The van der Waals surface area contributed by atoms with Gasteiger partial charge in [-0.3, -0.25) is 4.79 Å². The van der Waals surface area contributed by atoms with Gasteiger partial charge in [-0.2, -0.15) is 0 Å². The van der Waals surface area contributed by atoms with Crippen molar-refractivity contribution in [3.63, 3.8) is 0 Å². The number of aliphatic hydroxyl groups excluding tert-OH is 1. The monoisotopic (exact) mass is 689 g/mol. The van der Waals surface area contributed by atoms with E-state index in [-0.39, 0.29) is 12.1 Å². The number of hydrogen-bond acceptors (Lipinski definition) is 3. The van der Waals surface area contributed by atoms with Gasteiger partial charge in [-0.05, 0) is 130 Å². The molecule has 0 aromatic carbocycles. The molecule has 4 aliphatic carbocycles. The molecule has 0 aromatic rings. The molecule has 282 valence electrons. The molecule has 1 unspecified atom stereocenters. The number of rotatable bonds is 20. The largest absolute Gasteiger partial charge is 0.462 e. The van der Waals surface area contributed by atoms with Crippen molar-refractivity contribution in [2.24, 2.45) is 46.3 Å². The molecule has 1 N–H and O–H groups in total. The molecular weight excluding hydrogens is 613 g/mol. The number of unbranched alkanes of at least 4 members (excludes halogenated alkanes) is 4. The van der Waals surface area contributed by atoms with Crippen LogP contribution in [0.2, 0.25) is 0 Å². The lowest BCUT2D eigenvalue weighted by molar-refractivity contribution is -0.151. The van der Waals surface area contributed by atoms with E-state index in [4.69, 9.17) is 4.74 Å². The second kappa shape index (κ2) is 20.4. The van der Waals surface area contributed by atoms with Crippen molar-refractivity contribution in [2.45, 2.75) is 182 Å². The van der Waals surface area contributed by atoms with Crippen molar-refractivity contribution in [1.29, 1.82) is 0 Å². The lowest BCUT2D eigenvalue weighted by Gasteiger charge is -2.58. The third kappa shape index (κ3) is 11.3. The molecule has 4 rings (SSSR count). The van der Waals surface area contributed by atoms with Crippen molar-refractivity contribution in [1.82, 2.24) is 0 Å². The Labute approximate surface area is 308 Å². The Morgan fingerprint density at radius 1 is 0.900 bits per heavy atom. The first kappa shape index (κ1) is 40.9. The first-order valence-electron chi connectivity index (χ1n) is 21.3. The van der Waals surface area contributed by atoms with E-state index in [9.17, 15) is 9.90 Å². The quantitative estimate of drug-likeness (QED) is 0.0599. The molecule has 0 bridgehead atoms. The summed E-state index contributed by atoms with van der Waals surface area (Å²) in [6.07, 6.45) is 41.6. The van der Waals surface area contributed by atoms with Crippen molar-refractivity contribution in [3.8, 4) is 0 Å². The second-order valence-corrected chi connectivity index (χ2v) is 17.8. The van der Waals surface area contributed by atoms with Gasteiger partial charge in [0.1, 0.15) is 6.10 Å². The summed E-state index contributed by atoms with van der Waals surface area (Å²) < 4.78 is 6.08. The van der Waals surface area contributed by atoms with E-state index >= 15 is 0 Å². The molecule has 0 saturated heterocycles. The maximum Gasteiger partial charge on any atom is 0.306 e. The van der Waals surface area contributed by atoms with Gasteiger partial charge in [0.25, 0.3) is 0 Å². The molecule has 3 nitrogen and oxygen atoms in total. The van der Waals surface area contributed by atoms with Crippen LogP contribution in [0.15, 0.2) is 60.3 Å². The first-order valence-corrected chi connectivity index (χ1v) is 21.3. The maximum absolute atomic E-state index is 12.8. The van der Waals surface area contributed by atoms with Gasteiger partial charge in [0.15, 0.2) is 0 Å². The van der Waals surface area contributed by atoms with Gasteiger partial charge in [0.05, 0.1) is 6.10 Å². The number of ether oxygens (including phenoxy) is 1. The Bertz CT molecular complexity index is 1170. The van der Waals surface area contributed by atoms with E-state index < -0.39 is 6.10 Å². The van der Waals surface area contributed by atoms with Crippen LogP contribution in [0, 0.1) is 46.3 Å². The molecule has 0 aliphatic heterocycles. The Balaban J connectivity index is 1.14. The minimum absolute atomic E-state index is 0.0391. The molecule has 3 saturated carbocycles. The number of hydrogen-bond donors (Lipinski definition) is 1. The summed E-state index contributed by atoms with van der Waals surface area (Å²) >= 11 is 0. The Morgan fingerprint density at radius 3 is 2.50 bits per heavy atom. The van der Waals surface area contributed by atoms with Crippen molar-refractivity contribution in [2.75, 3.05) is 0 Å². The smallest absolute Gasteiger partial charge is 0.306 e.